The molecule has 3 N–H and O–H groups in total. The number of aromatic amines is 1. The van der Waals surface area contributed by atoms with Crippen molar-refractivity contribution in [3.8, 4) is 5.75 Å². The average molecular weight is 547 g/mol. The number of fused-ring (bicyclic) bond motifs is 2. The number of nitrogens with zero attached hydrogens (tertiary/aromatic N) is 2. The molecule has 7 nitrogen and oxygen atoms in total. The summed E-state index contributed by atoms with van der Waals surface area (Å²) in [7, 11) is 1.77. The van der Waals surface area contributed by atoms with Gasteiger partial charge in [0, 0.05) is 43.3 Å². The van der Waals surface area contributed by atoms with E-state index in [1.165, 1.54) is 22.2 Å². The molecule has 0 radical (unpaired) electrons. The molecule has 8 heteroatoms. The SMILES string of the molecule is CN=C(NCCCN1C(=O)COc2ccccc21)NCCc1c(C)[nH]c2ccccc12.I. The van der Waals surface area contributed by atoms with Crippen molar-refractivity contribution < 1.29 is 9.53 Å². The number of carbonyl (C=O) groups excluding carboxylic acids is 1. The summed E-state index contributed by atoms with van der Waals surface area (Å²) in [6.07, 6.45) is 1.72. The molecule has 1 amide bonds. The molecule has 0 saturated carbocycles. The van der Waals surface area contributed by atoms with E-state index >= 15 is 0 Å². The molecular weight excluding hydrogens is 517 g/mol. The first-order chi connectivity index (χ1) is 15.2. The van der Waals surface area contributed by atoms with Gasteiger partial charge in [0.2, 0.25) is 0 Å². The van der Waals surface area contributed by atoms with Crippen molar-refractivity contribution >= 4 is 52.4 Å². The molecule has 4 rings (SSSR count). The Labute approximate surface area is 205 Å². The summed E-state index contributed by atoms with van der Waals surface area (Å²) in [4.78, 5) is 21.8. The van der Waals surface area contributed by atoms with Gasteiger partial charge in [-0.1, -0.05) is 30.3 Å². The number of aliphatic imine (C=N–C) groups is 1. The summed E-state index contributed by atoms with van der Waals surface area (Å²) >= 11 is 0. The van der Waals surface area contributed by atoms with Crippen LogP contribution >= 0.6 is 24.0 Å². The van der Waals surface area contributed by atoms with E-state index in [4.69, 9.17) is 4.74 Å². The molecule has 0 bridgehead atoms. The van der Waals surface area contributed by atoms with Crippen LogP contribution in [0.25, 0.3) is 10.9 Å². The molecule has 1 aromatic heterocycles. The molecule has 0 aliphatic carbocycles. The van der Waals surface area contributed by atoms with E-state index in [0.717, 1.165) is 43.3 Å². The highest BCUT2D eigenvalue weighted by atomic mass is 127. The summed E-state index contributed by atoms with van der Waals surface area (Å²) in [6, 6.07) is 16.1. The quantitative estimate of drug-likeness (QED) is 0.183. The molecule has 2 heterocycles. The van der Waals surface area contributed by atoms with Gasteiger partial charge in [-0.05, 0) is 43.5 Å². The molecule has 0 unspecified atom stereocenters. The number of anilines is 1. The number of rotatable bonds is 7. The number of halogens is 1. The largest absolute Gasteiger partial charge is 0.482 e. The number of nitrogens with one attached hydrogen (secondary N) is 3. The first kappa shape index (κ1) is 23.9. The molecule has 0 atom stereocenters. The number of aromatic nitrogens is 1. The zero-order chi connectivity index (χ0) is 21.6. The van der Waals surface area contributed by atoms with Crippen molar-refractivity contribution in [2.24, 2.45) is 4.99 Å². The standard InChI is InChI=1S/C24H29N5O2.HI/c1-17-18(19-8-3-4-9-20(19)28-17)12-14-27-24(25-2)26-13-7-15-29-21-10-5-6-11-22(21)31-16-23(29)30;/h3-6,8-11,28H,7,12-16H2,1-2H3,(H2,25,26,27);1H. The van der Waals surface area contributed by atoms with Gasteiger partial charge >= 0.3 is 0 Å². The Hall–Kier alpha value is -2.75. The second-order valence-electron chi connectivity index (χ2n) is 7.61. The lowest BCUT2D eigenvalue weighted by Gasteiger charge is -2.29. The van der Waals surface area contributed by atoms with Gasteiger partial charge in [-0.2, -0.15) is 0 Å². The number of H-pyrrole nitrogens is 1. The van der Waals surface area contributed by atoms with Crippen LogP contribution in [0.3, 0.4) is 0 Å². The minimum Gasteiger partial charge on any atom is -0.482 e. The highest BCUT2D eigenvalue weighted by Crippen LogP contribution is 2.31. The summed E-state index contributed by atoms with van der Waals surface area (Å²) in [6.45, 7) is 4.36. The second kappa shape index (κ2) is 11.2. The zero-order valence-electron chi connectivity index (χ0n) is 18.5. The maximum absolute atomic E-state index is 12.3. The number of hydrogen-bond acceptors (Lipinski definition) is 3. The third-order valence-corrected chi connectivity index (χ3v) is 5.58. The fourth-order valence-electron chi connectivity index (χ4n) is 4.03. The maximum Gasteiger partial charge on any atom is 0.265 e. The van der Waals surface area contributed by atoms with Crippen molar-refractivity contribution in [2.75, 3.05) is 38.2 Å². The number of benzene rings is 2. The van der Waals surface area contributed by atoms with Gasteiger partial charge in [0.15, 0.2) is 12.6 Å². The lowest BCUT2D eigenvalue weighted by molar-refractivity contribution is -0.121. The normalized spacial score (nSPS) is 13.4. The Bertz CT molecular complexity index is 1090. The van der Waals surface area contributed by atoms with Crippen molar-refractivity contribution in [3.63, 3.8) is 0 Å². The van der Waals surface area contributed by atoms with Crippen LogP contribution < -0.4 is 20.3 Å². The van der Waals surface area contributed by atoms with Crippen molar-refractivity contribution in [2.45, 2.75) is 19.8 Å². The molecule has 0 saturated heterocycles. The van der Waals surface area contributed by atoms with Gasteiger partial charge in [0.1, 0.15) is 5.75 Å². The van der Waals surface area contributed by atoms with Gasteiger partial charge in [-0.25, -0.2) is 0 Å². The highest BCUT2D eigenvalue weighted by molar-refractivity contribution is 14.0. The fourth-order valence-corrected chi connectivity index (χ4v) is 4.03. The molecule has 0 fully saturated rings. The number of ether oxygens (including phenoxy) is 1. The van der Waals surface area contributed by atoms with E-state index in [9.17, 15) is 4.79 Å². The number of amides is 1. The van der Waals surface area contributed by atoms with Crippen LogP contribution in [-0.2, 0) is 11.2 Å². The minimum absolute atomic E-state index is 0. The van der Waals surface area contributed by atoms with Crippen LogP contribution in [0.5, 0.6) is 5.75 Å². The lowest BCUT2D eigenvalue weighted by Crippen LogP contribution is -2.42. The first-order valence-corrected chi connectivity index (χ1v) is 10.7. The summed E-state index contributed by atoms with van der Waals surface area (Å²) in [5.74, 6) is 1.53. The third-order valence-electron chi connectivity index (χ3n) is 5.58. The van der Waals surface area contributed by atoms with Gasteiger partial charge in [-0.15, -0.1) is 24.0 Å². The van der Waals surface area contributed by atoms with Crippen LogP contribution in [0.2, 0.25) is 0 Å². The van der Waals surface area contributed by atoms with Gasteiger partial charge in [-0.3, -0.25) is 9.79 Å². The summed E-state index contributed by atoms with van der Waals surface area (Å²) < 4.78 is 5.50. The van der Waals surface area contributed by atoms with E-state index in [-0.39, 0.29) is 36.5 Å². The smallest absolute Gasteiger partial charge is 0.265 e. The molecular formula is C24H30IN5O2. The van der Waals surface area contributed by atoms with Crippen LogP contribution in [0.15, 0.2) is 53.5 Å². The van der Waals surface area contributed by atoms with E-state index in [1.807, 2.05) is 24.3 Å². The van der Waals surface area contributed by atoms with Crippen LogP contribution in [-0.4, -0.2) is 50.1 Å². The van der Waals surface area contributed by atoms with E-state index < -0.39 is 0 Å². The van der Waals surface area contributed by atoms with Crippen molar-refractivity contribution in [1.82, 2.24) is 15.6 Å². The van der Waals surface area contributed by atoms with Gasteiger partial charge < -0.3 is 25.3 Å². The van der Waals surface area contributed by atoms with Crippen LogP contribution in [0, 0.1) is 6.92 Å². The maximum atomic E-state index is 12.3. The second-order valence-corrected chi connectivity index (χ2v) is 7.61. The molecule has 1 aliphatic rings. The van der Waals surface area contributed by atoms with Gasteiger partial charge in [0.25, 0.3) is 5.91 Å². The lowest BCUT2D eigenvalue weighted by atomic mass is 10.1. The summed E-state index contributed by atoms with van der Waals surface area (Å²) in [5.41, 5.74) is 4.57. The van der Waals surface area contributed by atoms with Crippen molar-refractivity contribution in [1.29, 1.82) is 0 Å². The van der Waals surface area contributed by atoms with Crippen molar-refractivity contribution in [3.05, 3.63) is 59.8 Å². The molecule has 170 valence electrons. The molecule has 32 heavy (non-hydrogen) atoms. The zero-order valence-corrected chi connectivity index (χ0v) is 20.8. The minimum atomic E-state index is -0.00435. The van der Waals surface area contributed by atoms with Crippen LogP contribution in [0.4, 0.5) is 5.69 Å². The topological polar surface area (TPSA) is 81.8 Å². The monoisotopic (exact) mass is 547 g/mol. The molecule has 3 aromatic rings. The predicted molar refractivity (Wildman–Crippen MR) is 140 cm³/mol. The molecule has 1 aliphatic heterocycles. The average Bonchev–Trinajstić information content (AvgIpc) is 3.11. The van der Waals surface area contributed by atoms with E-state index in [2.05, 4.69) is 51.8 Å². The Morgan fingerprint density at radius 2 is 1.88 bits per heavy atom. The Kier molecular flexibility index (Phi) is 8.38. The summed E-state index contributed by atoms with van der Waals surface area (Å²) in [5, 5.41) is 8.01. The van der Waals surface area contributed by atoms with E-state index in [1.54, 1.807) is 11.9 Å². The number of carbonyl (C=O) groups is 1. The number of hydrogen-bond donors (Lipinski definition) is 3. The highest BCUT2D eigenvalue weighted by Gasteiger charge is 2.24. The van der Waals surface area contributed by atoms with Crippen LogP contribution in [0.1, 0.15) is 17.7 Å². The van der Waals surface area contributed by atoms with E-state index in [0.29, 0.717) is 6.54 Å². The third kappa shape index (κ3) is 5.35. The first-order valence-electron chi connectivity index (χ1n) is 10.7. The number of para-hydroxylation sites is 3. The number of guanidine groups is 1. The molecule has 2 aromatic carbocycles. The molecule has 0 spiro atoms. The Morgan fingerprint density at radius 1 is 1.12 bits per heavy atom. The predicted octanol–water partition coefficient (Wildman–Crippen LogP) is 3.62. The Morgan fingerprint density at radius 3 is 2.72 bits per heavy atom. The Balaban J connectivity index is 0.00000289. The number of aryl methyl sites for hydroxylation is 1. The fraction of sp³-hybridized carbons (Fsp3) is 0.333. The van der Waals surface area contributed by atoms with Gasteiger partial charge in [0.05, 0.1) is 5.69 Å².